The van der Waals surface area contributed by atoms with Gasteiger partial charge in [-0.15, -0.1) is 25.3 Å². The Morgan fingerprint density at radius 3 is 1.28 bits per heavy atom. The molecule has 0 aromatic heterocycles. The van der Waals surface area contributed by atoms with Gasteiger partial charge in [0.15, 0.2) is 10.9 Å². The fraction of sp³-hybridized carbons (Fsp3) is 0.143. The van der Waals surface area contributed by atoms with Crippen LogP contribution in [0, 0.1) is 0 Å². The van der Waals surface area contributed by atoms with Crippen LogP contribution in [0.2, 0.25) is 0 Å². The zero-order chi connectivity index (χ0) is 12.8. The summed E-state index contributed by atoms with van der Waals surface area (Å²) in [6, 6.07) is 18.9. The zero-order valence-electron chi connectivity index (χ0n) is 9.64. The monoisotopic (exact) mass is 278 g/mol. The minimum atomic E-state index is -0.448. The van der Waals surface area contributed by atoms with Gasteiger partial charge in [-0.25, -0.2) is 0 Å². The highest BCUT2D eigenvalue weighted by Crippen LogP contribution is 2.20. The van der Waals surface area contributed by atoms with Gasteiger partial charge < -0.3 is 9.47 Å². The average molecular weight is 278 g/mol. The van der Waals surface area contributed by atoms with Crippen molar-refractivity contribution in [2.45, 2.75) is 10.9 Å². The fourth-order valence-corrected chi connectivity index (χ4v) is 1.76. The molecule has 0 aliphatic rings. The summed E-state index contributed by atoms with van der Waals surface area (Å²) in [5.41, 5.74) is -0.896. The molecule has 0 N–H and O–H groups in total. The van der Waals surface area contributed by atoms with Gasteiger partial charge in [0.25, 0.3) is 0 Å². The van der Waals surface area contributed by atoms with Gasteiger partial charge >= 0.3 is 0 Å². The van der Waals surface area contributed by atoms with E-state index in [0.29, 0.717) is 0 Å². The van der Waals surface area contributed by atoms with Gasteiger partial charge in [0.05, 0.1) is 0 Å². The molecular formula is C14H14O2S2. The number of hydrogen-bond acceptors (Lipinski definition) is 4. The third-order valence-electron chi connectivity index (χ3n) is 2.24. The van der Waals surface area contributed by atoms with Crippen LogP contribution in [-0.4, -0.2) is 10.9 Å². The Morgan fingerprint density at radius 1 is 0.611 bits per heavy atom. The highest BCUT2D eigenvalue weighted by molar-refractivity contribution is 7.85. The van der Waals surface area contributed by atoms with Crippen molar-refractivity contribution >= 4 is 25.3 Å². The fourth-order valence-electron chi connectivity index (χ4n) is 1.39. The van der Waals surface area contributed by atoms with Gasteiger partial charge in [-0.2, -0.15) is 0 Å². The molecule has 2 aromatic rings. The van der Waals surface area contributed by atoms with E-state index >= 15 is 0 Å². The normalized spacial score (nSPS) is 13.7. The molecule has 2 aromatic carbocycles. The second-order valence-corrected chi connectivity index (χ2v) is 4.66. The van der Waals surface area contributed by atoms with Gasteiger partial charge in [0, 0.05) is 0 Å². The first-order valence-corrected chi connectivity index (χ1v) is 6.58. The molecule has 0 aliphatic carbocycles. The Hall–Kier alpha value is -1.26. The van der Waals surface area contributed by atoms with Gasteiger partial charge in [-0.1, -0.05) is 36.4 Å². The Kier molecular flexibility index (Phi) is 4.84. The molecule has 0 fully saturated rings. The summed E-state index contributed by atoms with van der Waals surface area (Å²) >= 11 is 8.69. The molecule has 0 heterocycles. The Bertz CT molecular complexity index is 416. The lowest BCUT2D eigenvalue weighted by Gasteiger charge is -2.21. The lowest BCUT2D eigenvalue weighted by atomic mass is 10.3. The van der Waals surface area contributed by atoms with Crippen molar-refractivity contribution in [2.75, 3.05) is 0 Å². The third-order valence-corrected chi connectivity index (χ3v) is 3.23. The van der Waals surface area contributed by atoms with Crippen molar-refractivity contribution in [3.05, 3.63) is 60.7 Å². The maximum Gasteiger partial charge on any atom is 0.187 e. The predicted octanol–water partition coefficient (Wildman–Crippen LogP) is 3.66. The van der Waals surface area contributed by atoms with Crippen LogP contribution >= 0.6 is 25.3 Å². The van der Waals surface area contributed by atoms with Crippen molar-refractivity contribution < 1.29 is 9.47 Å². The molecule has 0 saturated carbocycles. The van der Waals surface area contributed by atoms with E-state index in [1.165, 1.54) is 0 Å². The second-order valence-electron chi connectivity index (χ2n) is 3.64. The van der Waals surface area contributed by atoms with Crippen molar-refractivity contribution in [1.82, 2.24) is 0 Å². The van der Waals surface area contributed by atoms with E-state index in [0.717, 1.165) is 11.5 Å². The van der Waals surface area contributed by atoms with Crippen molar-refractivity contribution in [3.8, 4) is 11.5 Å². The second kappa shape index (κ2) is 6.61. The van der Waals surface area contributed by atoms with Crippen LogP contribution in [0.3, 0.4) is 0 Å². The van der Waals surface area contributed by atoms with Crippen LogP contribution in [0.4, 0.5) is 0 Å². The van der Waals surface area contributed by atoms with Crippen LogP contribution in [0.15, 0.2) is 60.7 Å². The minimum absolute atomic E-state index is 0.448. The van der Waals surface area contributed by atoms with E-state index < -0.39 is 10.9 Å². The molecule has 94 valence electrons. The van der Waals surface area contributed by atoms with E-state index in [9.17, 15) is 0 Å². The lowest BCUT2D eigenvalue weighted by Crippen LogP contribution is -2.27. The smallest absolute Gasteiger partial charge is 0.187 e. The van der Waals surface area contributed by atoms with Crippen LogP contribution in [0.1, 0.15) is 0 Å². The van der Waals surface area contributed by atoms with E-state index in [4.69, 9.17) is 9.47 Å². The minimum Gasteiger partial charge on any atom is -0.475 e. The van der Waals surface area contributed by atoms with Crippen molar-refractivity contribution in [3.63, 3.8) is 0 Å². The quantitative estimate of drug-likeness (QED) is 0.642. The van der Waals surface area contributed by atoms with Crippen LogP contribution in [0.5, 0.6) is 11.5 Å². The molecule has 0 spiro atoms. The number of ether oxygens (including phenoxy) is 2. The van der Waals surface area contributed by atoms with Gasteiger partial charge in [-0.3, -0.25) is 0 Å². The molecule has 2 atom stereocenters. The Balaban J connectivity index is 1.91. The van der Waals surface area contributed by atoms with Gasteiger partial charge in [0.2, 0.25) is 0 Å². The van der Waals surface area contributed by atoms with E-state index in [2.05, 4.69) is 25.3 Å². The molecule has 2 unspecified atom stereocenters. The average Bonchev–Trinajstić information content (AvgIpc) is 2.41. The SMILES string of the molecule is SC(Oc1ccccc1)C(S)Oc1ccccc1. The van der Waals surface area contributed by atoms with Crippen LogP contribution < -0.4 is 9.47 Å². The summed E-state index contributed by atoms with van der Waals surface area (Å²) in [7, 11) is 0. The summed E-state index contributed by atoms with van der Waals surface area (Å²) in [5.74, 6) is 1.49. The number of thiol groups is 2. The van der Waals surface area contributed by atoms with E-state index in [-0.39, 0.29) is 0 Å². The summed E-state index contributed by atoms with van der Waals surface area (Å²) in [6.45, 7) is 0. The molecule has 18 heavy (non-hydrogen) atoms. The van der Waals surface area contributed by atoms with Crippen molar-refractivity contribution in [2.24, 2.45) is 0 Å². The molecule has 2 nitrogen and oxygen atoms in total. The largest absolute Gasteiger partial charge is 0.475 e. The number of para-hydroxylation sites is 2. The zero-order valence-corrected chi connectivity index (χ0v) is 11.4. The molecule has 0 bridgehead atoms. The first kappa shape index (κ1) is 13.2. The molecular weight excluding hydrogens is 264 g/mol. The lowest BCUT2D eigenvalue weighted by molar-refractivity contribution is 0.171. The molecule has 0 radical (unpaired) electrons. The molecule has 0 saturated heterocycles. The summed E-state index contributed by atoms with van der Waals surface area (Å²) in [6.07, 6.45) is 0. The number of hydrogen-bond donors (Lipinski definition) is 2. The highest BCUT2D eigenvalue weighted by Gasteiger charge is 2.17. The Morgan fingerprint density at radius 2 is 0.944 bits per heavy atom. The number of benzene rings is 2. The molecule has 2 rings (SSSR count). The maximum atomic E-state index is 5.61. The summed E-state index contributed by atoms with van der Waals surface area (Å²) in [4.78, 5) is 0. The maximum absolute atomic E-state index is 5.61. The number of rotatable bonds is 5. The highest BCUT2D eigenvalue weighted by atomic mass is 32.1. The Labute approximate surface area is 118 Å². The first-order valence-electron chi connectivity index (χ1n) is 5.55. The standard InChI is InChI=1S/C14H14O2S2/c17-13(15-11-7-3-1-4-8-11)14(18)16-12-9-5-2-6-10-12/h1-10,13-14,17-18H. The first-order chi connectivity index (χ1) is 8.75. The molecule has 0 aliphatic heterocycles. The topological polar surface area (TPSA) is 18.5 Å². The summed E-state index contributed by atoms with van der Waals surface area (Å²) < 4.78 is 11.2. The summed E-state index contributed by atoms with van der Waals surface area (Å²) in [5, 5.41) is 0. The third kappa shape index (κ3) is 3.89. The molecule has 4 heteroatoms. The van der Waals surface area contributed by atoms with Crippen molar-refractivity contribution in [1.29, 1.82) is 0 Å². The van der Waals surface area contributed by atoms with E-state index in [1.807, 2.05) is 60.7 Å². The van der Waals surface area contributed by atoms with Crippen LogP contribution in [0.25, 0.3) is 0 Å². The van der Waals surface area contributed by atoms with E-state index in [1.54, 1.807) is 0 Å². The van der Waals surface area contributed by atoms with Crippen LogP contribution in [-0.2, 0) is 0 Å². The van der Waals surface area contributed by atoms with Gasteiger partial charge in [-0.05, 0) is 24.3 Å². The predicted molar refractivity (Wildman–Crippen MR) is 79.7 cm³/mol. The molecule has 0 amide bonds. The van der Waals surface area contributed by atoms with Gasteiger partial charge in [0.1, 0.15) is 11.5 Å².